The summed E-state index contributed by atoms with van der Waals surface area (Å²) in [7, 11) is 0. The van der Waals surface area contributed by atoms with Crippen LogP contribution in [-0.4, -0.2) is 31.1 Å². The number of hydrogen-bond donors (Lipinski definition) is 2. The molecule has 1 aliphatic heterocycles. The van der Waals surface area contributed by atoms with Crippen molar-refractivity contribution in [3.8, 4) is 6.07 Å². The minimum atomic E-state index is 0.371. The topological polar surface area (TPSA) is 65.1 Å². The van der Waals surface area contributed by atoms with Crippen LogP contribution in [0.4, 0.5) is 11.4 Å². The van der Waals surface area contributed by atoms with E-state index in [1.807, 2.05) is 18.2 Å². The molecule has 0 radical (unpaired) electrons. The SMILES string of the molecule is CCN1CCC(CNc2ccc(N)c(CC#N)c2)CC1. The van der Waals surface area contributed by atoms with Crippen LogP contribution >= 0.6 is 0 Å². The normalized spacial score (nSPS) is 16.8. The molecule has 2 rings (SSSR count). The highest BCUT2D eigenvalue weighted by molar-refractivity contribution is 5.58. The first kappa shape index (κ1) is 14.7. The van der Waals surface area contributed by atoms with Gasteiger partial charge in [-0.1, -0.05) is 6.92 Å². The summed E-state index contributed by atoms with van der Waals surface area (Å²) in [5.41, 5.74) is 8.55. The van der Waals surface area contributed by atoms with Gasteiger partial charge in [0, 0.05) is 17.9 Å². The molecule has 4 heteroatoms. The van der Waals surface area contributed by atoms with Gasteiger partial charge in [0.2, 0.25) is 0 Å². The van der Waals surface area contributed by atoms with E-state index in [-0.39, 0.29) is 0 Å². The summed E-state index contributed by atoms with van der Waals surface area (Å²) in [5.74, 6) is 0.745. The molecule has 0 spiro atoms. The Labute approximate surface area is 121 Å². The Morgan fingerprint density at radius 3 is 2.80 bits per heavy atom. The van der Waals surface area contributed by atoms with E-state index in [0.29, 0.717) is 12.1 Å². The minimum absolute atomic E-state index is 0.371. The van der Waals surface area contributed by atoms with Crippen molar-refractivity contribution in [3.05, 3.63) is 23.8 Å². The van der Waals surface area contributed by atoms with E-state index in [1.54, 1.807) is 0 Å². The number of piperidine rings is 1. The van der Waals surface area contributed by atoms with Crippen molar-refractivity contribution in [1.29, 1.82) is 5.26 Å². The number of nitrogen functional groups attached to an aromatic ring is 1. The van der Waals surface area contributed by atoms with Crippen molar-refractivity contribution in [2.45, 2.75) is 26.2 Å². The molecule has 0 aromatic heterocycles. The molecule has 1 heterocycles. The van der Waals surface area contributed by atoms with Gasteiger partial charge < -0.3 is 16.0 Å². The van der Waals surface area contributed by atoms with Gasteiger partial charge in [-0.25, -0.2) is 0 Å². The lowest BCUT2D eigenvalue weighted by atomic mass is 9.96. The van der Waals surface area contributed by atoms with E-state index in [9.17, 15) is 0 Å². The second kappa shape index (κ2) is 7.16. The van der Waals surface area contributed by atoms with E-state index < -0.39 is 0 Å². The van der Waals surface area contributed by atoms with Gasteiger partial charge in [-0.05, 0) is 62.2 Å². The maximum Gasteiger partial charge on any atom is 0.0670 e. The molecule has 1 aliphatic rings. The minimum Gasteiger partial charge on any atom is -0.398 e. The fourth-order valence-corrected chi connectivity index (χ4v) is 2.72. The number of nitrogens with two attached hydrogens (primary N) is 1. The largest absolute Gasteiger partial charge is 0.398 e. The number of anilines is 2. The zero-order valence-corrected chi connectivity index (χ0v) is 12.2. The van der Waals surface area contributed by atoms with Crippen LogP contribution in [0.5, 0.6) is 0 Å². The summed E-state index contributed by atoms with van der Waals surface area (Å²) >= 11 is 0. The molecular weight excluding hydrogens is 248 g/mol. The summed E-state index contributed by atoms with van der Waals surface area (Å²) < 4.78 is 0. The van der Waals surface area contributed by atoms with Gasteiger partial charge >= 0.3 is 0 Å². The Morgan fingerprint density at radius 2 is 2.15 bits per heavy atom. The van der Waals surface area contributed by atoms with Crippen LogP contribution in [0.2, 0.25) is 0 Å². The third-order valence-corrected chi connectivity index (χ3v) is 4.16. The van der Waals surface area contributed by atoms with Gasteiger partial charge in [0.15, 0.2) is 0 Å². The molecule has 0 atom stereocenters. The van der Waals surface area contributed by atoms with Crippen molar-refractivity contribution in [2.75, 3.05) is 37.2 Å². The van der Waals surface area contributed by atoms with E-state index in [1.165, 1.54) is 25.9 Å². The molecule has 1 aromatic carbocycles. The Balaban J connectivity index is 1.85. The molecule has 20 heavy (non-hydrogen) atoms. The average Bonchev–Trinajstić information content (AvgIpc) is 2.49. The van der Waals surface area contributed by atoms with Gasteiger partial charge in [0.05, 0.1) is 12.5 Å². The van der Waals surface area contributed by atoms with Crippen molar-refractivity contribution in [1.82, 2.24) is 4.90 Å². The molecule has 0 saturated carbocycles. The third kappa shape index (κ3) is 3.88. The molecule has 0 bridgehead atoms. The van der Waals surface area contributed by atoms with Crippen LogP contribution in [0, 0.1) is 17.2 Å². The van der Waals surface area contributed by atoms with Gasteiger partial charge in [0.25, 0.3) is 0 Å². The second-order valence-corrected chi connectivity index (χ2v) is 5.51. The number of rotatable bonds is 5. The van der Waals surface area contributed by atoms with Crippen LogP contribution in [0.15, 0.2) is 18.2 Å². The Morgan fingerprint density at radius 1 is 1.40 bits per heavy atom. The van der Waals surface area contributed by atoms with Crippen molar-refractivity contribution < 1.29 is 0 Å². The highest BCUT2D eigenvalue weighted by atomic mass is 15.1. The smallest absolute Gasteiger partial charge is 0.0670 e. The van der Waals surface area contributed by atoms with E-state index in [0.717, 1.165) is 30.3 Å². The Hall–Kier alpha value is -1.73. The first-order valence-electron chi connectivity index (χ1n) is 7.44. The molecule has 0 unspecified atom stereocenters. The lowest BCUT2D eigenvalue weighted by Crippen LogP contribution is -2.35. The molecule has 4 nitrogen and oxygen atoms in total. The van der Waals surface area contributed by atoms with E-state index in [2.05, 4.69) is 23.2 Å². The number of hydrogen-bond acceptors (Lipinski definition) is 4. The zero-order chi connectivity index (χ0) is 14.4. The lowest BCUT2D eigenvalue weighted by Gasteiger charge is -2.31. The van der Waals surface area contributed by atoms with E-state index in [4.69, 9.17) is 11.0 Å². The number of nitriles is 1. The number of likely N-dealkylation sites (tertiary alicyclic amines) is 1. The third-order valence-electron chi connectivity index (χ3n) is 4.16. The van der Waals surface area contributed by atoms with Crippen LogP contribution in [0.1, 0.15) is 25.3 Å². The summed E-state index contributed by atoms with van der Waals surface area (Å²) in [6, 6.07) is 8.04. The maximum absolute atomic E-state index is 8.79. The van der Waals surface area contributed by atoms with Crippen molar-refractivity contribution in [2.24, 2.45) is 5.92 Å². The molecule has 1 aromatic rings. The quantitative estimate of drug-likeness (QED) is 0.808. The molecule has 0 aliphatic carbocycles. The fourth-order valence-electron chi connectivity index (χ4n) is 2.72. The average molecular weight is 272 g/mol. The summed E-state index contributed by atoms with van der Waals surface area (Å²) in [5, 5.41) is 12.3. The monoisotopic (exact) mass is 272 g/mol. The van der Waals surface area contributed by atoms with Crippen molar-refractivity contribution in [3.63, 3.8) is 0 Å². The fraction of sp³-hybridized carbons (Fsp3) is 0.562. The number of benzene rings is 1. The molecule has 0 amide bonds. The first-order valence-corrected chi connectivity index (χ1v) is 7.44. The molecule has 1 fully saturated rings. The van der Waals surface area contributed by atoms with Crippen LogP contribution in [-0.2, 0) is 6.42 Å². The summed E-state index contributed by atoms with van der Waals surface area (Å²) in [6.07, 6.45) is 2.90. The van der Waals surface area contributed by atoms with E-state index >= 15 is 0 Å². The van der Waals surface area contributed by atoms with Crippen LogP contribution < -0.4 is 11.1 Å². The highest BCUT2D eigenvalue weighted by Crippen LogP contribution is 2.21. The van der Waals surface area contributed by atoms with Gasteiger partial charge in [-0.3, -0.25) is 0 Å². The van der Waals surface area contributed by atoms with Crippen LogP contribution in [0.3, 0.4) is 0 Å². The van der Waals surface area contributed by atoms with Gasteiger partial charge in [-0.2, -0.15) is 5.26 Å². The Bertz CT molecular complexity index is 470. The Kier molecular flexibility index (Phi) is 5.25. The first-order chi connectivity index (χ1) is 9.72. The van der Waals surface area contributed by atoms with Crippen molar-refractivity contribution >= 4 is 11.4 Å². The predicted octanol–water partition coefficient (Wildman–Crippen LogP) is 2.48. The predicted molar refractivity (Wildman–Crippen MR) is 83.5 cm³/mol. The van der Waals surface area contributed by atoms with Gasteiger partial charge in [0.1, 0.15) is 0 Å². The lowest BCUT2D eigenvalue weighted by molar-refractivity contribution is 0.198. The number of nitrogens with zero attached hydrogens (tertiary/aromatic N) is 2. The summed E-state index contributed by atoms with van der Waals surface area (Å²) in [4.78, 5) is 2.50. The standard InChI is InChI=1S/C16H24N4/c1-2-20-9-6-13(7-10-20)12-19-15-3-4-16(18)14(11-15)5-8-17/h3-4,11,13,19H,2,5-7,9-10,12,18H2,1H3. The highest BCUT2D eigenvalue weighted by Gasteiger charge is 2.17. The molecule has 1 saturated heterocycles. The summed E-state index contributed by atoms with van der Waals surface area (Å²) in [6.45, 7) is 6.82. The zero-order valence-electron chi connectivity index (χ0n) is 12.2. The second-order valence-electron chi connectivity index (χ2n) is 5.51. The maximum atomic E-state index is 8.79. The number of nitrogens with one attached hydrogen (secondary N) is 1. The molecule has 108 valence electrons. The molecular formula is C16H24N4. The van der Waals surface area contributed by atoms with Crippen LogP contribution in [0.25, 0.3) is 0 Å². The van der Waals surface area contributed by atoms with Gasteiger partial charge in [-0.15, -0.1) is 0 Å². The molecule has 3 N–H and O–H groups in total.